The first-order valence-electron chi connectivity index (χ1n) is 6.80. The normalized spacial score (nSPS) is 17.7. The lowest BCUT2D eigenvalue weighted by atomic mass is 9.97. The standard InChI is InChI=1S/C14H19ClN2O3S/c1-16(2)14(18)11-7-9-17(10-8-11)21(19,20)13-6-4-3-5-12(13)15/h3-6,11H,7-10H2,1-2H3. The second kappa shape index (κ2) is 6.34. The van der Waals surface area contributed by atoms with Gasteiger partial charge in [-0.2, -0.15) is 4.31 Å². The fourth-order valence-corrected chi connectivity index (χ4v) is 4.46. The maximum atomic E-state index is 12.6. The van der Waals surface area contributed by atoms with Gasteiger partial charge in [0.2, 0.25) is 15.9 Å². The summed E-state index contributed by atoms with van der Waals surface area (Å²) in [5, 5.41) is 0.226. The summed E-state index contributed by atoms with van der Waals surface area (Å²) in [5.74, 6) is -0.0394. The average molecular weight is 331 g/mol. The lowest BCUT2D eigenvalue weighted by Crippen LogP contribution is -2.42. The van der Waals surface area contributed by atoms with Crippen molar-refractivity contribution in [2.45, 2.75) is 17.7 Å². The third-order valence-corrected chi connectivity index (χ3v) is 6.10. The monoisotopic (exact) mass is 330 g/mol. The van der Waals surface area contributed by atoms with E-state index >= 15 is 0 Å². The smallest absolute Gasteiger partial charge is 0.244 e. The minimum absolute atomic E-state index is 0.0600. The van der Waals surface area contributed by atoms with Gasteiger partial charge in [-0.15, -0.1) is 0 Å². The fourth-order valence-electron chi connectivity index (χ4n) is 2.50. The zero-order valence-corrected chi connectivity index (χ0v) is 13.7. The van der Waals surface area contributed by atoms with Crippen LogP contribution in [0.4, 0.5) is 0 Å². The van der Waals surface area contributed by atoms with Crippen molar-refractivity contribution in [1.82, 2.24) is 9.21 Å². The zero-order valence-electron chi connectivity index (χ0n) is 12.1. The van der Waals surface area contributed by atoms with E-state index in [1.807, 2.05) is 0 Å². The highest BCUT2D eigenvalue weighted by Crippen LogP contribution is 2.28. The van der Waals surface area contributed by atoms with E-state index in [9.17, 15) is 13.2 Å². The Labute approximate surface area is 130 Å². The summed E-state index contributed by atoms with van der Waals surface area (Å²) in [6.45, 7) is 0.690. The van der Waals surface area contributed by atoms with Crippen molar-refractivity contribution >= 4 is 27.5 Å². The number of carbonyl (C=O) groups is 1. The third-order valence-electron chi connectivity index (χ3n) is 3.70. The van der Waals surface area contributed by atoms with Gasteiger partial charge in [0.25, 0.3) is 0 Å². The Balaban J connectivity index is 2.12. The Kier molecular flexibility index (Phi) is 4.91. The largest absolute Gasteiger partial charge is 0.349 e. The van der Waals surface area contributed by atoms with Gasteiger partial charge in [0.05, 0.1) is 5.02 Å². The molecular formula is C14H19ClN2O3S. The van der Waals surface area contributed by atoms with Crippen molar-refractivity contribution in [3.8, 4) is 0 Å². The van der Waals surface area contributed by atoms with Crippen LogP contribution in [-0.2, 0) is 14.8 Å². The lowest BCUT2D eigenvalue weighted by molar-refractivity contribution is -0.134. The van der Waals surface area contributed by atoms with Gasteiger partial charge in [0.1, 0.15) is 4.90 Å². The molecule has 0 unspecified atom stereocenters. The number of rotatable bonds is 3. The van der Waals surface area contributed by atoms with Crippen LogP contribution < -0.4 is 0 Å². The van der Waals surface area contributed by atoms with E-state index in [0.717, 1.165) is 0 Å². The summed E-state index contributed by atoms with van der Waals surface area (Å²) < 4.78 is 26.5. The molecule has 1 aliphatic heterocycles. The molecule has 0 aromatic heterocycles. The highest BCUT2D eigenvalue weighted by atomic mass is 35.5. The summed E-state index contributed by atoms with van der Waals surface area (Å²) in [4.78, 5) is 13.6. The van der Waals surface area contributed by atoms with Gasteiger partial charge in [-0.3, -0.25) is 4.79 Å². The zero-order chi connectivity index (χ0) is 15.6. The van der Waals surface area contributed by atoms with Crippen molar-refractivity contribution < 1.29 is 13.2 Å². The first-order valence-corrected chi connectivity index (χ1v) is 8.61. The van der Waals surface area contributed by atoms with Crippen LogP contribution in [0.5, 0.6) is 0 Å². The van der Waals surface area contributed by atoms with Gasteiger partial charge in [-0.1, -0.05) is 23.7 Å². The highest BCUT2D eigenvalue weighted by molar-refractivity contribution is 7.89. The predicted molar refractivity (Wildman–Crippen MR) is 81.6 cm³/mol. The Morgan fingerprint density at radius 2 is 1.81 bits per heavy atom. The molecule has 0 saturated carbocycles. The van der Waals surface area contributed by atoms with E-state index in [4.69, 9.17) is 11.6 Å². The van der Waals surface area contributed by atoms with Crippen LogP contribution in [0.25, 0.3) is 0 Å². The number of sulfonamides is 1. The summed E-state index contributed by atoms with van der Waals surface area (Å²) >= 11 is 5.98. The Morgan fingerprint density at radius 3 is 2.33 bits per heavy atom. The van der Waals surface area contributed by atoms with E-state index in [1.54, 1.807) is 37.2 Å². The quantitative estimate of drug-likeness (QED) is 0.849. The molecule has 5 nitrogen and oxygen atoms in total. The molecule has 1 aromatic carbocycles. The molecule has 1 aromatic rings. The number of carbonyl (C=O) groups excluding carboxylic acids is 1. The van der Waals surface area contributed by atoms with Crippen molar-refractivity contribution in [3.63, 3.8) is 0 Å². The van der Waals surface area contributed by atoms with Gasteiger partial charge in [-0.05, 0) is 25.0 Å². The summed E-state index contributed by atoms with van der Waals surface area (Å²) in [5.41, 5.74) is 0. The van der Waals surface area contributed by atoms with E-state index < -0.39 is 10.0 Å². The van der Waals surface area contributed by atoms with Crippen molar-refractivity contribution in [3.05, 3.63) is 29.3 Å². The first-order chi connectivity index (χ1) is 9.84. The van der Waals surface area contributed by atoms with Crippen molar-refractivity contribution in [2.75, 3.05) is 27.2 Å². The van der Waals surface area contributed by atoms with Gasteiger partial charge in [0, 0.05) is 33.1 Å². The molecule has 0 radical (unpaired) electrons. The molecule has 1 fully saturated rings. The SMILES string of the molecule is CN(C)C(=O)C1CCN(S(=O)(=O)c2ccccc2Cl)CC1. The van der Waals surface area contributed by atoms with E-state index in [2.05, 4.69) is 0 Å². The Morgan fingerprint density at radius 1 is 1.24 bits per heavy atom. The number of benzene rings is 1. The minimum Gasteiger partial charge on any atom is -0.349 e. The van der Waals surface area contributed by atoms with Gasteiger partial charge in [-0.25, -0.2) is 8.42 Å². The van der Waals surface area contributed by atoms with Gasteiger partial charge < -0.3 is 4.90 Å². The Bertz CT molecular complexity index is 623. The summed E-state index contributed by atoms with van der Waals surface area (Å²) in [6, 6.07) is 6.43. The van der Waals surface area contributed by atoms with Gasteiger partial charge in [0.15, 0.2) is 0 Å². The summed E-state index contributed by atoms with van der Waals surface area (Å²) in [6.07, 6.45) is 1.08. The van der Waals surface area contributed by atoms with Crippen LogP contribution in [0.2, 0.25) is 5.02 Å². The predicted octanol–water partition coefficient (Wildman–Crippen LogP) is 1.83. The molecule has 1 amide bonds. The minimum atomic E-state index is -3.59. The second-order valence-corrected chi connectivity index (χ2v) is 7.66. The molecule has 7 heteroatoms. The number of amides is 1. The molecule has 1 saturated heterocycles. The number of hydrogen-bond donors (Lipinski definition) is 0. The molecule has 0 aliphatic carbocycles. The second-order valence-electron chi connectivity index (χ2n) is 5.34. The van der Waals surface area contributed by atoms with E-state index in [-0.39, 0.29) is 21.7 Å². The molecular weight excluding hydrogens is 312 g/mol. The molecule has 21 heavy (non-hydrogen) atoms. The van der Waals surface area contributed by atoms with Crippen molar-refractivity contribution in [1.29, 1.82) is 0 Å². The maximum Gasteiger partial charge on any atom is 0.244 e. The van der Waals surface area contributed by atoms with Crippen molar-refractivity contribution in [2.24, 2.45) is 5.92 Å². The molecule has 1 heterocycles. The number of nitrogens with zero attached hydrogens (tertiary/aromatic N) is 2. The average Bonchev–Trinajstić information content (AvgIpc) is 2.46. The van der Waals surface area contributed by atoms with E-state index in [1.165, 1.54) is 10.4 Å². The van der Waals surface area contributed by atoms with Crippen LogP contribution in [0.3, 0.4) is 0 Å². The molecule has 1 aliphatic rings. The molecule has 0 N–H and O–H groups in total. The molecule has 2 rings (SSSR count). The van der Waals surface area contributed by atoms with Crippen LogP contribution in [0.1, 0.15) is 12.8 Å². The number of hydrogen-bond acceptors (Lipinski definition) is 3. The fraction of sp³-hybridized carbons (Fsp3) is 0.500. The topological polar surface area (TPSA) is 57.7 Å². The lowest BCUT2D eigenvalue weighted by Gasteiger charge is -2.31. The highest BCUT2D eigenvalue weighted by Gasteiger charge is 2.33. The summed E-state index contributed by atoms with van der Waals surface area (Å²) in [7, 11) is -0.151. The molecule has 0 atom stereocenters. The van der Waals surface area contributed by atoms with Crippen LogP contribution >= 0.6 is 11.6 Å². The molecule has 0 bridgehead atoms. The van der Waals surface area contributed by atoms with Crippen LogP contribution in [0.15, 0.2) is 29.2 Å². The van der Waals surface area contributed by atoms with E-state index in [0.29, 0.717) is 25.9 Å². The van der Waals surface area contributed by atoms with Crippen LogP contribution in [0, 0.1) is 5.92 Å². The maximum absolute atomic E-state index is 12.6. The van der Waals surface area contributed by atoms with Crippen LogP contribution in [-0.4, -0.2) is 50.7 Å². The van der Waals surface area contributed by atoms with Gasteiger partial charge >= 0.3 is 0 Å². The third kappa shape index (κ3) is 3.39. The molecule has 116 valence electrons. The number of halogens is 1. The number of piperidine rings is 1. The Hall–Kier alpha value is -1.11. The first kappa shape index (κ1) is 16.3. The molecule has 0 spiro atoms.